The molecule has 0 saturated carbocycles. The van der Waals surface area contributed by atoms with Crippen molar-refractivity contribution in [2.24, 2.45) is 11.8 Å². The number of fused-ring (bicyclic) bond motifs is 1. The molecule has 3 saturated heterocycles. The first-order chi connectivity index (χ1) is 11.7. The van der Waals surface area contributed by atoms with E-state index in [4.69, 9.17) is 4.74 Å². The molecule has 8 heteroatoms. The van der Waals surface area contributed by atoms with Crippen LogP contribution in [0.2, 0.25) is 0 Å². The number of nitrogens with one attached hydrogen (secondary N) is 2. The molecule has 8 nitrogen and oxygen atoms in total. The van der Waals surface area contributed by atoms with E-state index in [1.165, 1.54) is 11.9 Å². The van der Waals surface area contributed by atoms with E-state index in [0.29, 0.717) is 12.8 Å². The van der Waals surface area contributed by atoms with Crippen LogP contribution in [0.5, 0.6) is 0 Å². The van der Waals surface area contributed by atoms with Crippen LogP contribution in [0, 0.1) is 11.8 Å². The summed E-state index contributed by atoms with van der Waals surface area (Å²) in [5.74, 6) is -2.13. The molecular weight excluding hydrogens is 326 g/mol. The van der Waals surface area contributed by atoms with E-state index in [1.807, 2.05) is 20.8 Å². The molecule has 3 N–H and O–H groups in total. The van der Waals surface area contributed by atoms with Crippen LogP contribution < -0.4 is 10.6 Å². The maximum absolute atomic E-state index is 13.1. The molecule has 2 unspecified atom stereocenters. The SMILES string of the molecule is CNC(=O)[C@@H]1[C@H]2C(=O)N(CCO)C(C(=O)NC(C)C)C23CC[C@@]1(C)O3. The predicted octanol–water partition coefficient (Wildman–Crippen LogP) is -0.986. The third-order valence-corrected chi connectivity index (χ3v) is 5.83. The van der Waals surface area contributed by atoms with E-state index in [1.54, 1.807) is 0 Å². The van der Waals surface area contributed by atoms with Gasteiger partial charge in [0.15, 0.2) is 0 Å². The molecule has 0 aromatic carbocycles. The number of rotatable bonds is 5. The van der Waals surface area contributed by atoms with Gasteiger partial charge < -0.3 is 25.4 Å². The predicted molar refractivity (Wildman–Crippen MR) is 88.4 cm³/mol. The van der Waals surface area contributed by atoms with Crippen molar-refractivity contribution in [2.75, 3.05) is 20.2 Å². The van der Waals surface area contributed by atoms with Crippen LogP contribution in [0.3, 0.4) is 0 Å². The normalized spacial score (nSPS) is 39.0. The molecule has 140 valence electrons. The van der Waals surface area contributed by atoms with Gasteiger partial charge >= 0.3 is 0 Å². The second-order valence-corrected chi connectivity index (χ2v) is 7.76. The summed E-state index contributed by atoms with van der Waals surface area (Å²) < 4.78 is 6.30. The monoisotopic (exact) mass is 353 g/mol. The first-order valence-corrected chi connectivity index (χ1v) is 8.85. The number of hydrogen-bond acceptors (Lipinski definition) is 5. The van der Waals surface area contributed by atoms with Crippen molar-refractivity contribution >= 4 is 17.7 Å². The number of ether oxygens (including phenoxy) is 1. The Hall–Kier alpha value is -1.67. The Bertz CT molecular complexity index is 609. The molecule has 3 aliphatic heterocycles. The van der Waals surface area contributed by atoms with E-state index in [9.17, 15) is 19.5 Å². The van der Waals surface area contributed by atoms with E-state index in [2.05, 4.69) is 10.6 Å². The van der Waals surface area contributed by atoms with Crippen molar-refractivity contribution in [1.82, 2.24) is 15.5 Å². The third-order valence-electron chi connectivity index (χ3n) is 5.83. The summed E-state index contributed by atoms with van der Waals surface area (Å²) >= 11 is 0. The largest absolute Gasteiger partial charge is 0.395 e. The molecule has 25 heavy (non-hydrogen) atoms. The smallest absolute Gasteiger partial charge is 0.246 e. The number of nitrogens with zero attached hydrogens (tertiary/aromatic N) is 1. The van der Waals surface area contributed by atoms with Crippen LogP contribution in [-0.2, 0) is 19.1 Å². The van der Waals surface area contributed by atoms with Crippen molar-refractivity contribution in [3.05, 3.63) is 0 Å². The summed E-state index contributed by atoms with van der Waals surface area (Å²) in [5.41, 5.74) is -1.75. The standard InChI is InChI=1S/C17H27N3O5/c1-9(2)19-14(23)12-17-6-5-16(3,25-17)10(13(22)18-4)11(17)15(24)20(12)7-8-21/h9-12,21H,5-8H2,1-4H3,(H,18,22)(H,19,23)/t10-,11-,12?,16+,17?/m0/s1. The van der Waals surface area contributed by atoms with Gasteiger partial charge in [0.05, 0.1) is 24.0 Å². The van der Waals surface area contributed by atoms with Gasteiger partial charge in [0.1, 0.15) is 11.6 Å². The highest BCUT2D eigenvalue weighted by molar-refractivity contribution is 5.99. The molecule has 0 radical (unpaired) electrons. The van der Waals surface area contributed by atoms with Crippen LogP contribution in [0.4, 0.5) is 0 Å². The number of carbonyl (C=O) groups is 3. The Kier molecular flexibility index (Phi) is 4.31. The quantitative estimate of drug-likeness (QED) is 0.588. The lowest BCUT2D eigenvalue weighted by atomic mass is 9.66. The molecule has 3 fully saturated rings. The van der Waals surface area contributed by atoms with E-state index >= 15 is 0 Å². The van der Waals surface area contributed by atoms with Crippen LogP contribution in [0.25, 0.3) is 0 Å². The molecule has 0 aromatic heterocycles. The van der Waals surface area contributed by atoms with Crippen LogP contribution in [0.15, 0.2) is 0 Å². The van der Waals surface area contributed by atoms with Gasteiger partial charge in [-0.2, -0.15) is 0 Å². The number of carbonyl (C=O) groups excluding carboxylic acids is 3. The highest BCUT2D eigenvalue weighted by atomic mass is 16.5. The van der Waals surface area contributed by atoms with Gasteiger partial charge in [0.25, 0.3) is 0 Å². The second kappa shape index (κ2) is 5.95. The van der Waals surface area contributed by atoms with Crippen molar-refractivity contribution in [3.63, 3.8) is 0 Å². The van der Waals surface area contributed by atoms with Gasteiger partial charge in [0, 0.05) is 19.6 Å². The van der Waals surface area contributed by atoms with Gasteiger partial charge in [-0.05, 0) is 33.6 Å². The zero-order chi connectivity index (χ0) is 18.6. The summed E-state index contributed by atoms with van der Waals surface area (Å²) in [5, 5.41) is 14.9. The number of aliphatic hydroxyl groups excluding tert-OH is 1. The van der Waals surface area contributed by atoms with Gasteiger partial charge in [0.2, 0.25) is 17.7 Å². The number of β-amino-alcohol motifs (C(OH)–C–C–N with tert-alkyl or cyclic N) is 1. The molecular formula is C17H27N3O5. The Labute approximate surface area is 147 Å². The van der Waals surface area contributed by atoms with E-state index in [-0.39, 0.29) is 36.9 Å². The number of aliphatic hydroxyl groups is 1. The summed E-state index contributed by atoms with van der Waals surface area (Å²) in [6.45, 7) is 5.35. The molecule has 3 rings (SSSR count). The molecule has 2 bridgehead atoms. The van der Waals surface area contributed by atoms with E-state index < -0.39 is 29.1 Å². The lowest BCUT2D eigenvalue weighted by Gasteiger charge is -2.33. The molecule has 1 spiro atoms. The highest BCUT2D eigenvalue weighted by Crippen LogP contribution is 2.62. The van der Waals surface area contributed by atoms with Crippen molar-refractivity contribution in [3.8, 4) is 0 Å². The Morgan fingerprint density at radius 3 is 2.60 bits per heavy atom. The zero-order valence-electron chi connectivity index (χ0n) is 15.2. The minimum Gasteiger partial charge on any atom is -0.395 e. The fourth-order valence-electron chi connectivity index (χ4n) is 4.99. The summed E-state index contributed by atoms with van der Waals surface area (Å²) in [4.78, 5) is 39.9. The molecule has 3 aliphatic rings. The maximum atomic E-state index is 13.1. The molecule has 0 aliphatic carbocycles. The fraction of sp³-hybridized carbons (Fsp3) is 0.824. The number of likely N-dealkylation sites (tertiary alicyclic amines) is 1. The Morgan fingerprint density at radius 2 is 2.04 bits per heavy atom. The van der Waals surface area contributed by atoms with Gasteiger partial charge in [-0.15, -0.1) is 0 Å². The minimum absolute atomic E-state index is 0.0494. The van der Waals surface area contributed by atoms with Crippen molar-refractivity contribution in [1.29, 1.82) is 0 Å². The summed E-state index contributed by atoms with van der Waals surface area (Å²) in [6.07, 6.45) is 1.17. The van der Waals surface area contributed by atoms with Crippen molar-refractivity contribution in [2.45, 2.75) is 56.9 Å². The molecule has 5 atom stereocenters. The fourth-order valence-corrected chi connectivity index (χ4v) is 4.99. The van der Waals surface area contributed by atoms with Crippen molar-refractivity contribution < 1.29 is 24.2 Å². The van der Waals surface area contributed by atoms with E-state index in [0.717, 1.165) is 0 Å². The average molecular weight is 353 g/mol. The van der Waals surface area contributed by atoms with Gasteiger partial charge in [-0.25, -0.2) is 0 Å². The number of hydrogen-bond donors (Lipinski definition) is 3. The lowest BCUT2D eigenvalue weighted by molar-refractivity contribution is -0.146. The van der Waals surface area contributed by atoms with Crippen LogP contribution in [0.1, 0.15) is 33.6 Å². The lowest BCUT2D eigenvalue weighted by Crippen LogP contribution is -2.56. The Balaban J connectivity index is 2.05. The van der Waals surface area contributed by atoms with Gasteiger partial charge in [-0.1, -0.05) is 0 Å². The summed E-state index contributed by atoms with van der Waals surface area (Å²) in [7, 11) is 1.54. The highest BCUT2D eigenvalue weighted by Gasteiger charge is 2.77. The molecule has 3 heterocycles. The van der Waals surface area contributed by atoms with Crippen LogP contribution in [-0.4, -0.2) is 71.2 Å². The second-order valence-electron chi connectivity index (χ2n) is 7.76. The number of amides is 3. The zero-order valence-corrected chi connectivity index (χ0v) is 15.2. The topological polar surface area (TPSA) is 108 Å². The van der Waals surface area contributed by atoms with Crippen LogP contribution >= 0.6 is 0 Å². The maximum Gasteiger partial charge on any atom is 0.246 e. The third kappa shape index (κ3) is 2.38. The average Bonchev–Trinajstić information content (AvgIpc) is 3.08. The van der Waals surface area contributed by atoms with Gasteiger partial charge in [-0.3, -0.25) is 14.4 Å². The summed E-state index contributed by atoms with van der Waals surface area (Å²) in [6, 6.07) is -0.908. The Morgan fingerprint density at radius 1 is 1.36 bits per heavy atom. The first-order valence-electron chi connectivity index (χ1n) is 8.85. The minimum atomic E-state index is -1.00. The molecule has 0 aromatic rings. The first kappa shape index (κ1) is 18.1. The molecule has 3 amide bonds.